The molecule has 82 valence electrons. The van der Waals surface area contributed by atoms with E-state index in [2.05, 4.69) is 14.0 Å². The first kappa shape index (κ1) is 12.0. The van der Waals surface area contributed by atoms with Crippen molar-refractivity contribution in [3.63, 3.8) is 0 Å². The zero-order valence-electron chi connectivity index (χ0n) is 8.54. The number of carbonyl (C=O) groups excluding carboxylic acids is 1. The SMILES string of the molecule is COP(=O)(CC(=O)c1ccncc1)OC. The normalized spacial score (nSPS) is 11.3. The summed E-state index contributed by atoms with van der Waals surface area (Å²) in [4.78, 5) is 15.4. The summed E-state index contributed by atoms with van der Waals surface area (Å²) in [5.74, 6) is -0.288. The molecule has 0 radical (unpaired) electrons. The predicted octanol–water partition coefficient (Wildman–Crippen LogP) is 1.75. The van der Waals surface area contributed by atoms with Crippen molar-refractivity contribution in [2.75, 3.05) is 20.4 Å². The van der Waals surface area contributed by atoms with Gasteiger partial charge in [0.15, 0.2) is 5.78 Å². The van der Waals surface area contributed by atoms with Crippen LogP contribution >= 0.6 is 7.60 Å². The van der Waals surface area contributed by atoms with E-state index >= 15 is 0 Å². The van der Waals surface area contributed by atoms with Crippen LogP contribution in [0.15, 0.2) is 24.5 Å². The number of ketones is 1. The van der Waals surface area contributed by atoms with Crippen molar-refractivity contribution in [1.82, 2.24) is 4.98 Å². The van der Waals surface area contributed by atoms with E-state index in [1.807, 2.05) is 0 Å². The maximum absolute atomic E-state index is 11.7. The van der Waals surface area contributed by atoms with Gasteiger partial charge in [0.25, 0.3) is 0 Å². The van der Waals surface area contributed by atoms with Gasteiger partial charge >= 0.3 is 7.60 Å². The second kappa shape index (κ2) is 5.16. The lowest BCUT2D eigenvalue weighted by molar-refractivity contribution is 0.101. The highest BCUT2D eigenvalue weighted by Crippen LogP contribution is 2.46. The van der Waals surface area contributed by atoms with Crippen LogP contribution in [0.25, 0.3) is 0 Å². The maximum Gasteiger partial charge on any atom is 0.337 e. The first-order valence-corrected chi connectivity index (χ1v) is 5.98. The standard InChI is InChI=1S/C9H12NO4P/c1-13-15(12,14-2)7-9(11)8-3-5-10-6-4-8/h3-6H,7H2,1-2H3. The molecule has 0 aromatic carbocycles. The van der Waals surface area contributed by atoms with Gasteiger partial charge in [-0.25, -0.2) is 0 Å². The van der Waals surface area contributed by atoms with Crippen molar-refractivity contribution in [2.24, 2.45) is 0 Å². The molecule has 1 heterocycles. The second-order valence-electron chi connectivity index (χ2n) is 2.79. The van der Waals surface area contributed by atoms with E-state index < -0.39 is 7.60 Å². The quantitative estimate of drug-likeness (QED) is 0.568. The Bertz CT molecular complexity index is 371. The van der Waals surface area contributed by atoms with E-state index in [-0.39, 0.29) is 11.9 Å². The molecule has 5 nitrogen and oxygen atoms in total. The van der Waals surface area contributed by atoms with Gasteiger partial charge in [0.05, 0.1) is 0 Å². The number of carbonyl (C=O) groups is 1. The summed E-state index contributed by atoms with van der Waals surface area (Å²) in [7, 11) is -0.765. The van der Waals surface area contributed by atoms with Gasteiger partial charge in [-0.15, -0.1) is 0 Å². The van der Waals surface area contributed by atoms with Crippen molar-refractivity contribution in [1.29, 1.82) is 0 Å². The van der Waals surface area contributed by atoms with Crippen molar-refractivity contribution in [3.8, 4) is 0 Å². The summed E-state index contributed by atoms with van der Waals surface area (Å²) < 4.78 is 21.0. The second-order valence-corrected chi connectivity index (χ2v) is 5.06. The number of aromatic nitrogens is 1. The Morgan fingerprint density at radius 2 is 1.87 bits per heavy atom. The van der Waals surface area contributed by atoms with Gasteiger partial charge in [-0.05, 0) is 12.1 Å². The highest BCUT2D eigenvalue weighted by Gasteiger charge is 2.25. The van der Waals surface area contributed by atoms with E-state index in [1.165, 1.54) is 26.6 Å². The lowest BCUT2D eigenvalue weighted by atomic mass is 10.2. The Balaban J connectivity index is 2.76. The molecule has 0 atom stereocenters. The van der Waals surface area contributed by atoms with Crippen molar-refractivity contribution in [3.05, 3.63) is 30.1 Å². The van der Waals surface area contributed by atoms with Gasteiger partial charge in [-0.1, -0.05) is 0 Å². The van der Waals surface area contributed by atoms with Crippen molar-refractivity contribution >= 4 is 13.4 Å². The highest BCUT2D eigenvalue weighted by atomic mass is 31.2. The minimum atomic E-state index is -3.27. The van der Waals surface area contributed by atoms with E-state index in [4.69, 9.17) is 0 Å². The predicted molar refractivity (Wildman–Crippen MR) is 55.1 cm³/mol. The van der Waals surface area contributed by atoms with Crippen LogP contribution in [0.3, 0.4) is 0 Å². The van der Waals surface area contributed by atoms with Crippen LogP contribution in [0.1, 0.15) is 10.4 Å². The smallest absolute Gasteiger partial charge is 0.312 e. The Morgan fingerprint density at radius 1 is 1.33 bits per heavy atom. The number of rotatable bonds is 5. The van der Waals surface area contributed by atoms with Gasteiger partial charge in [0, 0.05) is 32.2 Å². The minimum absolute atomic E-state index is 0.260. The number of pyridine rings is 1. The lowest BCUT2D eigenvalue weighted by Crippen LogP contribution is -2.08. The van der Waals surface area contributed by atoms with Crippen LogP contribution in [-0.2, 0) is 13.6 Å². The molecule has 6 heteroatoms. The molecule has 1 rings (SSSR count). The van der Waals surface area contributed by atoms with Gasteiger partial charge < -0.3 is 9.05 Å². The molecular weight excluding hydrogens is 217 g/mol. The minimum Gasteiger partial charge on any atom is -0.312 e. The average Bonchev–Trinajstić information content (AvgIpc) is 2.30. The Labute approximate surface area is 88.0 Å². The number of hydrogen-bond donors (Lipinski definition) is 0. The van der Waals surface area contributed by atoms with E-state index in [1.54, 1.807) is 12.1 Å². The van der Waals surface area contributed by atoms with Gasteiger partial charge in [-0.3, -0.25) is 14.3 Å². The number of hydrogen-bond acceptors (Lipinski definition) is 5. The molecule has 1 aromatic heterocycles. The summed E-state index contributed by atoms with van der Waals surface area (Å²) in [6.45, 7) is 0. The molecule has 0 spiro atoms. The van der Waals surface area contributed by atoms with Gasteiger partial charge in [0.1, 0.15) is 6.16 Å². The summed E-state index contributed by atoms with van der Waals surface area (Å²) in [6.07, 6.45) is 2.74. The molecule has 0 aliphatic rings. The molecule has 0 bridgehead atoms. The van der Waals surface area contributed by atoms with Crippen LogP contribution in [0.2, 0.25) is 0 Å². The fourth-order valence-corrected chi connectivity index (χ4v) is 1.95. The summed E-state index contributed by atoms with van der Waals surface area (Å²) in [6, 6.07) is 3.11. The molecule has 0 aliphatic carbocycles. The fraction of sp³-hybridized carbons (Fsp3) is 0.333. The largest absolute Gasteiger partial charge is 0.337 e. The molecule has 0 saturated carbocycles. The molecular formula is C9H12NO4P. The van der Waals surface area contributed by atoms with E-state index in [9.17, 15) is 9.36 Å². The highest BCUT2D eigenvalue weighted by molar-refractivity contribution is 7.54. The molecule has 0 N–H and O–H groups in total. The van der Waals surface area contributed by atoms with E-state index in [0.29, 0.717) is 5.56 Å². The molecule has 0 saturated heterocycles. The third-order valence-electron chi connectivity index (χ3n) is 1.90. The van der Waals surface area contributed by atoms with Crippen LogP contribution in [0, 0.1) is 0 Å². The summed E-state index contributed by atoms with van der Waals surface area (Å²) >= 11 is 0. The lowest BCUT2D eigenvalue weighted by Gasteiger charge is -2.12. The van der Waals surface area contributed by atoms with Crippen LogP contribution in [-0.4, -0.2) is 31.1 Å². The monoisotopic (exact) mass is 229 g/mol. The summed E-state index contributed by atoms with van der Waals surface area (Å²) in [5, 5.41) is 0. The molecule has 15 heavy (non-hydrogen) atoms. The van der Waals surface area contributed by atoms with Gasteiger partial charge in [0.2, 0.25) is 0 Å². The molecule has 0 aliphatic heterocycles. The Kier molecular flexibility index (Phi) is 4.15. The third-order valence-corrected chi connectivity index (χ3v) is 3.68. The van der Waals surface area contributed by atoms with Crippen LogP contribution < -0.4 is 0 Å². The molecule has 0 unspecified atom stereocenters. The Morgan fingerprint density at radius 3 is 2.33 bits per heavy atom. The average molecular weight is 229 g/mol. The first-order valence-electron chi connectivity index (χ1n) is 4.25. The maximum atomic E-state index is 11.7. The fourth-order valence-electron chi connectivity index (χ4n) is 1.01. The third kappa shape index (κ3) is 3.23. The van der Waals surface area contributed by atoms with Crippen molar-refractivity contribution < 1.29 is 18.4 Å². The molecule has 0 fully saturated rings. The van der Waals surface area contributed by atoms with Crippen molar-refractivity contribution in [2.45, 2.75) is 0 Å². The van der Waals surface area contributed by atoms with E-state index in [0.717, 1.165) is 0 Å². The zero-order chi connectivity index (χ0) is 11.3. The molecule has 0 amide bonds. The first-order chi connectivity index (χ1) is 7.11. The molecule has 1 aromatic rings. The Hall–Kier alpha value is -1.03. The van der Waals surface area contributed by atoms with Crippen LogP contribution in [0.5, 0.6) is 0 Å². The topological polar surface area (TPSA) is 65.5 Å². The zero-order valence-corrected chi connectivity index (χ0v) is 9.44. The van der Waals surface area contributed by atoms with Gasteiger partial charge in [-0.2, -0.15) is 0 Å². The van der Waals surface area contributed by atoms with Crippen LogP contribution in [0.4, 0.5) is 0 Å². The number of Topliss-reactive ketones (excluding diaryl/α,β-unsaturated/α-hetero) is 1. The number of nitrogens with zero attached hydrogens (tertiary/aromatic N) is 1. The summed E-state index contributed by atoms with van der Waals surface area (Å²) in [5.41, 5.74) is 0.444.